The van der Waals surface area contributed by atoms with E-state index in [1.54, 1.807) is 13.3 Å². The molecule has 3 rings (SSSR count). The van der Waals surface area contributed by atoms with Gasteiger partial charge in [0, 0.05) is 21.6 Å². The van der Waals surface area contributed by atoms with Crippen LogP contribution in [0.3, 0.4) is 0 Å². The Morgan fingerprint density at radius 2 is 2.05 bits per heavy atom. The smallest absolute Gasteiger partial charge is 0.120 e. The van der Waals surface area contributed by atoms with Crippen molar-refractivity contribution in [1.82, 2.24) is 4.98 Å². The maximum Gasteiger partial charge on any atom is 0.120 e. The van der Waals surface area contributed by atoms with Gasteiger partial charge in [-0.3, -0.25) is 4.98 Å². The molecule has 3 N–H and O–H groups in total. The summed E-state index contributed by atoms with van der Waals surface area (Å²) in [5.41, 5.74) is 9.32. The van der Waals surface area contributed by atoms with Crippen LogP contribution in [0.1, 0.15) is 0 Å². The molecule has 0 saturated carbocycles. The molecule has 3 aromatic rings. The number of nitrogens with two attached hydrogens (primary N) is 1. The van der Waals surface area contributed by atoms with E-state index in [4.69, 9.17) is 10.5 Å². The Labute approximate surface area is 131 Å². The fraction of sp³-hybridized carbons (Fsp3) is 0.0625. The van der Waals surface area contributed by atoms with Gasteiger partial charge in [-0.25, -0.2) is 0 Å². The topological polar surface area (TPSA) is 60.2 Å². The van der Waals surface area contributed by atoms with Crippen LogP contribution in [-0.2, 0) is 0 Å². The van der Waals surface area contributed by atoms with Gasteiger partial charge in [0.2, 0.25) is 0 Å². The van der Waals surface area contributed by atoms with Gasteiger partial charge in [-0.15, -0.1) is 0 Å². The van der Waals surface area contributed by atoms with Gasteiger partial charge in [-0.1, -0.05) is 22.0 Å². The normalized spacial score (nSPS) is 10.6. The molecule has 21 heavy (non-hydrogen) atoms. The summed E-state index contributed by atoms with van der Waals surface area (Å²) in [6.07, 6.45) is 1.67. The molecule has 2 aromatic carbocycles. The van der Waals surface area contributed by atoms with Crippen LogP contribution < -0.4 is 15.8 Å². The van der Waals surface area contributed by atoms with E-state index < -0.39 is 0 Å². The van der Waals surface area contributed by atoms with Crippen molar-refractivity contribution >= 4 is 43.9 Å². The van der Waals surface area contributed by atoms with E-state index in [0.717, 1.165) is 32.5 Å². The Morgan fingerprint density at radius 3 is 2.86 bits per heavy atom. The third kappa shape index (κ3) is 2.78. The zero-order valence-corrected chi connectivity index (χ0v) is 13.0. The van der Waals surface area contributed by atoms with Crippen molar-refractivity contribution in [1.29, 1.82) is 0 Å². The fourth-order valence-corrected chi connectivity index (χ4v) is 2.53. The Kier molecular flexibility index (Phi) is 3.66. The number of pyridine rings is 1. The van der Waals surface area contributed by atoms with Crippen LogP contribution in [0.2, 0.25) is 0 Å². The molecule has 0 bridgehead atoms. The molecular weight excluding hydrogens is 330 g/mol. The minimum absolute atomic E-state index is 0.600. The second-order valence-corrected chi connectivity index (χ2v) is 5.52. The first-order chi connectivity index (χ1) is 10.2. The monoisotopic (exact) mass is 343 g/mol. The van der Waals surface area contributed by atoms with Gasteiger partial charge in [0.05, 0.1) is 30.2 Å². The number of anilines is 3. The van der Waals surface area contributed by atoms with E-state index in [1.165, 1.54) is 0 Å². The number of benzene rings is 2. The van der Waals surface area contributed by atoms with Gasteiger partial charge in [-0.2, -0.15) is 0 Å². The first-order valence-electron chi connectivity index (χ1n) is 6.42. The molecule has 0 fully saturated rings. The summed E-state index contributed by atoms with van der Waals surface area (Å²) in [6, 6.07) is 13.6. The predicted octanol–water partition coefficient (Wildman–Crippen LogP) is 4.33. The molecule has 0 atom stereocenters. The number of nitrogens with one attached hydrogen (secondary N) is 1. The Hall–Kier alpha value is -2.27. The first-order valence-corrected chi connectivity index (χ1v) is 7.21. The van der Waals surface area contributed by atoms with Crippen LogP contribution in [0.25, 0.3) is 10.9 Å². The van der Waals surface area contributed by atoms with Crippen LogP contribution in [0.5, 0.6) is 5.75 Å². The van der Waals surface area contributed by atoms with E-state index in [0.29, 0.717) is 5.69 Å². The van der Waals surface area contributed by atoms with Crippen molar-refractivity contribution in [2.45, 2.75) is 0 Å². The largest absolute Gasteiger partial charge is 0.497 e. The molecule has 0 amide bonds. The van der Waals surface area contributed by atoms with Crippen molar-refractivity contribution in [3.8, 4) is 5.75 Å². The summed E-state index contributed by atoms with van der Waals surface area (Å²) in [7, 11) is 1.65. The van der Waals surface area contributed by atoms with Crippen molar-refractivity contribution in [3.05, 3.63) is 53.1 Å². The number of aromatic nitrogens is 1. The number of hydrogen-bond acceptors (Lipinski definition) is 4. The maximum absolute atomic E-state index is 6.08. The highest BCUT2D eigenvalue weighted by Crippen LogP contribution is 2.33. The molecule has 1 heterocycles. The van der Waals surface area contributed by atoms with Gasteiger partial charge in [0.15, 0.2) is 0 Å². The number of hydrogen-bond donors (Lipinski definition) is 2. The van der Waals surface area contributed by atoms with E-state index in [1.807, 2.05) is 42.5 Å². The standard InChI is InChI=1S/C16H14BrN3O/c1-21-12-4-2-3-11(8-12)20-16-13-7-10(17)5-6-15(13)19-9-14(16)18/h2-9H,18H2,1H3,(H,19,20). The van der Waals surface area contributed by atoms with Crippen LogP contribution in [0.4, 0.5) is 17.1 Å². The van der Waals surface area contributed by atoms with E-state index in [-0.39, 0.29) is 0 Å². The Morgan fingerprint density at radius 1 is 1.19 bits per heavy atom. The minimum Gasteiger partial charge on any atom is -0.497 e. The highest BCUT2D eigenvalue weighted by molar-refractivity contribution is 9.10. The third-order valence-corrected chi connectivity index (χ3v) is 3.69. The quantitative estimate of drug-likeness (QED) is 0.742. The second kappa shape index (κ2) is 5.61. The molecule has 5 heteroatoms. The number of ether oxygens (including phenoxy) is 1. The summed E-state index contributed by atoms with van der Waals surface area (Å²) in [6.45, 7) is 0. The van der Waals surface area contributed by atoms with Gasteiger partial charge in [0.25, 0.3) is 0 Å². The van der Waals surface area contributed by atoms with Crippen molar-refractivity contribution in [3.63, 3.8) is 0 Å². The van der Waals surface area contributed by atoms with Gasteiger partial charge in [0.1, 0.15) is 5.75 Å². The average Bonchev–Trinajstić information content (AvgIpc) is 2.50. The number of halogens is 1. The lowest BCUT2D eigenvalue weighted by Crippen LogP contribution is -1.99. The molecule has 0 saturated heterocycles. The Balaban J connectivity index is 2.10. The summed E-state index contributed by atoms with van der Waals surface area (Å²) in [4.78, 5) is 4.35. The molecule has 0 aliphatic carbocycles. The zero-order chi connectivity index (χ0) is 14.8. The SMILES string of the molecule is COc1cccc(Nc2c(N)cnc3ccc(Br)cc23)c1. The number of methoxy groups -OCH3 is 1. The van der Waals surface area contributed by atoms with Crippen LogP contribution in [0, 0.1) is 0 Å². The second-order valence-electron chi connectivity index (χ2n) is 4.61. The molecule has 0 spiro atoms. The average molecular weight is 344 g/mol. The van der Waals surface area contributed by atoms with Gasteiger partial charge >= 0.3 is 0 Å². The summed E-state index contributed by atoms with van der Waals surface area (Å²) < 4.78 is 6.22. The molecule has 0 aliphatic rings. The lowest BCUT2D eigenvalue weighted by molar-refractivity contribution is 0.415. The molecule has 0 unspecified atom stereocenters. The Bertz CT molecular complexity index is 799. The summed E-state index contributed by atoms with van der Waals surface area (Å²) >= 11 is 3.48. The zero-order valence-electron chi connectivity index (χ0n) is 11.4. The number of fused-ring (bicyclic) bond motifs is 1. The molecule has 106 valence electrons. The summed E-state index contributed by atoms with van der Waals surface area (Å²) in [5, 5.41) is 4.32. The van der Waals surface area contributed by atoms with E-state index in [2.05, 4.69) is 26.2 Å². The number of nitrogen functional groups attached to an aromatic ring is 1. The van der Waals surface area contributed by atoms with E-state index >= 15 is 0 Å². The molecule has 4 nitrogen and oxygen atoms in total. The van der Waals surface area contributed by atoms with Crippen molar-refractivity contribution in [2.24, 2.45) is 0 Å². The van der Waals surface area contributed by atoms with Crippen molar-refractivity contribution < 1.29 is 4.74 Å². The lowest BCUT2D eigenvalue weighted by atomic mass is 10.1. The molecule has 0 aliphatic heterocycles. The van der Waals surface area contributed by atoms with Crippen LogP contribution >= 0.6 is 15.9 Å². The third-order valence-electron chi connectivity index (χ3n) is 3.20. The summed E-state index contributed by atoms with van der Waals surface area (Å²) in [5.74, 6) is 0.790. The first kappa shape index (κ1) is 13.7. The maximum atomic E-state index is 6.08. The fourth-order valence-electron chi connectivity index (χ4n) is 2.16. The highest BCUT2D eigenvalue weighted by Gasteiger charge is 2.08. The van der Waals surface area contributed by atoms with Crippen molar-refractivity contribution in [2.75, 3.05) is 18.2 Å². The number of rotatable bonds is 3. The molecular formula is C16H14BrN3O. The molecule has 1 aromatic heterocycles. The molecule has 0 radical (unpaired) electrons. The van der Waals surface area contributed by atoms with Crippen LogP contribution in [0.15, 0.2) is 53.1 Å². The van der Waals surface area contributed by atoms with E-state index in [9.17, 15) is 0 Å². The predicted molar refractivity (Wildman–Crippen MR) is 90.1 cm³/mol. The minimum atomic E-state index is 0.600. The lowest BCUT2D eigenvalue weighted by Gasteiger charge is -2.13. The highest BCUT2D eigenvalue weighted by atomic mass is 79.9. The van der Waals surface area contributed by atoms with Crippen LogP contribution in [-0.4, -0.2) is 12.1 Å². The number of nitrogens with zero attached hydrogens (tertiary/aromatic N) is 1. The van der Waals surface area contributed by atoms with Gasteiger partial charge in [-0.05, 0) is 30.3 Å². The van der Waals surface area contributed by atoms with Gasteiger partial charge < -0.3 is 15.8 Å².